The van der Waals surface area contributed by atoms with Gasteiger partial charge >= 0.3 is 11.9 Å². The second-order valence-corrected chi connectivity index (χ2v) is 9.20. The predicted molar refractivity (Wildman–Crippen MR) is 132 cm³/mol. The van der Waals surface area contributed by atoms with Crippen molar-refractivity contribution in [1.82, 2.24) is 5.32 Å². The smallest absolute Gasteiger partial charge is 0.327 e. The lowest BCUT2D eigenvalue weighted by molar-refractivity contribution is -0.158. The minimum absolute atomic E-state index is 0.0883. The van der Waals surface area contributed by atoms with Crippen LogP contribution < -0.4 is 5.32 Å². The zero-order chi connectivity index (χ0) is 22.8. The summed E-state index contributed by atoms with van der Waals surface area (Å²) in [6.07, 6.45) is 28.7. The summed E-state index contributed by atoms with van der Waals surface area (Å²) in [6.45, 7) is 2.37. The van der Waals surface area contributed by atoms with E-state index in [1.165, 1.54) is 122 Å². The summed E-state index contributed by atoms with van der Waals surface area (Å²) in [5, 5.41) is 2.68. The van der Waals surface area contributed by atoms with Gasteiger partial charge in [0.25, 0.3) is 0 Å². The van der Waals surface area contributed by atoms with Crippen molar-refractivity contribution in [3.8, 4) is 0 Å². The molecule has 0 unspecified atom stereocenters. The lowest BCUT2D eigenvalue weighted by atomic mass is 10.0. The van der Waals surface area contributed by atoms with Gasteiger partial charge < -0.3 is 10.1 Å². The van der Waals surface area contributed by atoms with Crippen molar-refractivity contribution in [1.29, 1.82) is 0 Å². The highest BCUT2D eigenvalue weighted by molar-refractivity contribution is 5.86. The molecule has 0 atom stereocenters. The molecular formula is C27H53NO3. The molecule has 0 aliphatic heterocycles. The van der Waals surface area contributed by atoms with Gasteiger partial charge in [-0.1, -0.05) is 135 Å². The highest BCUT2D eigenvalue weighted by Crippen LogP contribution is 2.15. The number of nitrogens with one attached hydrogen (secondary N) is 1. The van der Waals surface area contributed by atoms with Crippen LogP contribution in [0.5, 0.6) is 0 Å². The van der Waals surface area contributed by atoms with Crippen molar-refractivity contribution in [3.63, 3.8) is 0 Å². The van der Waals surface area contributed by atoms with Gasteiger partial charge in [0, 0.05) is 6.42 Å². The first-order chi connectivity index (χ1) is 15.2. The van der Waals surface area contributed by atoms with Gasteiger partial charge in [0.1, 0.15) is 0 Å². The third kappa shape index (κ3) is 25.2. The molecule has 1 N–H and O–H groups in total. The molecular weight excluding hydrogens is 386 g/mol. The van der Waals surface area contributed by atoms with E-state index in [0.717, 1.165) is 12.8 Å². The minimum Gasteiger partial charge on any atom is -0.392 e. The zero-order valence-corrected chi connectivity index (χ0v) is 21.0. The summed E-state index contributed by atoms with van der Waals surface area (Å²) in [7, 11) is 1.66. The summed E-state index contributed by atoms with van der Waals surface area (Å²) < 4.78 is 4.69. The van der Waals surface area contributed by atoms with Crippen molar-refractivity contribution in [3.05, 3.63) is 0 Å². The number of esters is 2. The van der Waals surface area contributed by atoms with E-state index in [9.17, 15) is 9.59 Å². The van der Waals surface area contributed by atoms with Crippen LogP contribution in [0.1, 0.15) is 148 Å². The molecule has 0 rings (SSSR count). The van der Waals surface area contributed by atoms with Gasteiger partial charge in [0.15, 0.2) is 0 Å². The third-order valence-electron chi connectivity index (χ3n) is 6.03. The number of carbonyl (C=O) groups is 2. The topological polar surface area (TPSA) is 55.4 Å². The van der Waals surface area contributed by atoms with Gasteiger partial charge in [0.2, 0.25) is 0 Å². The monoisotopic (exact) mass is 439 g/mol. The summed E-state index contributed by atoms with van der Waals surface area (Å²) >= 11 is 0. The maximum Gasteiger partial charge on any atom is 0.327 e. The van der Waals surface area contributed by atoms with E-state index >= 15 is 0 Å². The van der Waals surface area contributed by atoms with E-state index in [1.807, 2.05) is 0 Å². The molecule has 0 saturated heterocycles. The van der Waals surface area contributed by atoms with Crippen LogP contribution in [0.3, 0.4) is 0 Å². The summed E-state index contributed by atoms with van der Waals surface area (Å²) in [4.78, 5) is 22.6. The van der Waals surface area contributed by atoms with E-state index in [0.29, 0.717) is 6.42 Å². The molecule has 0 aliphatic rings. The number of carbonyl (C=O) groups excluding carboxylic acids is 2. The summed E-state index contributed by atoms with van der Waals surface area (Å²) in [5.41, 5.74) is 0. The standard InChI is InChI=1S/C27H53NO3/c1-3-4-5-6-7-8-9-10-11-12-13-14-15-16-17-18-19-20-21-22-23-24-26(29)31-27(30)25-28-2/h28H,3-25H2,1-2H3. The Bertz CT molecular complexity index is 398. The van der Waals surface area contributed by atoms with Crippen molar-refractivity contribution in [2.75, 3.05) is 13.6 Å². The molecule has 0 amide bonds. The van der Waals surface area contributed by atoms with Crippen LogP contribution in [0.15, 0.2) is 0 Å². The number of unbranched alkanes of at least 4 members (excludes halogenated alkanes) is 20. The van der Waals surface area contributed by atoms with Crippen molar-refractivity contribution in [2.24, 2.45) is 0 Å². The minimum atomic E-state index is -0.490. The molecule has 0 bridgehead atoms. The molecule has 0 spiro atoms. The first kappa shape index (κ1) is 30.1. The molecule has 184 valence electrons. The first-order valence-corrected chi connectivity index (χ1v) is 13.6. The quantitative estimate of drug-likeness (QED) is 0.0944. The molecule has 0 fully saturated rings. The number of hydrogen-bond acceptors (Lipinski definition) is 4. The van der Waals surface area contributed by atoms with E-state index in [2.05, 4.69) is 12.2 Å². The average Bonchev–Trinajstić information content (AvgIpc) is 2.75. The second kappa shape index (κ2) is 25.4. The van der Waals surface area contributed by atoms with Crippen LogP contribution in [0.2, 0.25) is 0 Å². The lowest BCUT2D eigenvalue weighted by Gasteiger charge is -2.04. The van der Waals surface area contributed by atoms with E-state index in [-0.39, 0.29) is 6.54 Å². The van der Waals surface area contributed by atoms with Crippen molar-refractivity contribution >= 4 is 11.9 Å². The Kier molecular flexibility index (Phi) is 24.6. The van der Waals surface area contributed by atoms with Crippen LogP contribution in [0, 0.1) is 0 Å². The molecule has 0 aromatic carbocycles. The van der Waals surface area contributed by atoms with E-state index in [4.69, 9.17) is 4.74 Å². The molecule has 0 aromatic heterocycles. The van der Waals surface area contributed by atoms with Crippen LogP contribution in [-0.2, 0) is 14.3 Å². The SMILES string of the molecule is CCCCCCCCCCCCCCCCCCCCCCCC(=O)OC(=O)CNC. The summed E-state index contributed by atoms with van der Waals surface area (Å²) in [6, 6.07) is 0. The number of ether oxygens (including phenoxy) is 1. The van der Waals surface area contributed by atoms with E-state index < -0.39 is 11.9 Å². The van der Waals surface area contributed by atoms with Crippen LogP contribution in [-0.4, -0.2) is 25.5 Å². The molecule has 0 heterocycles. The first-order valence-electron chi connectivity index (χ1n) is 13.6. The molecule has 4 heteroatoms. The molecule has 0 saturated carbocycles. The van der Waals surface area contributed by atoms with E-state index in [1.54, 1.807) is 7.05 Å². The lowest BCUT2D eigenvalue weighted by Crippen LogP contribution is -2.23. The average molecular weight is 440 g/mol. The Morgan fingerprint density at radius 3 is 1.16 bits per heavy atom. The van der Waals surface area contributed by atoms with Crippen molar-refractivity contribution in [2.45, 2.75) is 148 Å². The van der Waals surface area contributed by atoms with Gasteiger partial charge in [0.05, 0.1) is 6.54 Å². The van der Waals surface area contributed by atoms with Gasteiger partial charge in [-0.25, -0.2) is 0 Å². The predicted octanol–water partition coefficient (Wildman–Crippen LogP) is 7.88. The normalized spacial score (nSPS) is 11.0. The van der Waals surface area contributed by atoms with Crippen molar-refractivity contribution < 1.29 is 14.3 Å². The number of hydrogen-bond donors (Lipinski definition) is 1. The zero-order valence-electron chi connectivity index (χ0n) is 21.0. The fraction of sp³-hybridized carbons (Fsp3) is 0.926. The molecule has 0 radical (unpaired) electrons. The Morgan fingerprint density at radius 1 is 0.516 bits per heavy atom. The number of rotatable bonds is 24. The summed E-state index contributed by atoms with van der Waals surface area (Å²) in [5.74, 6) is -0.881. The van der Waals surface area contributed by atoms with Gasteiger partial charge in [-0.15, -0.1) is 0 Å². The fourth-order valence-electron chi connectivity index (χ4n) is 4.06. The third-order valence-corrected chi connectivity index (χ3v) is 6.03. The number of likely N-dealkylation sites (N-methyl/N-ethyl adjacent to an activating group) is 1. The maximum atomic E-state index is 11.5. The largest absolute Gasteiger partial charge is 0.392 e. The van der Waals surface area contributed by atoms with Crippen LogP contribution in [0.25, 0.3) is 0 Å². The highest BCUT2D eigenvalue weighted by atomic mass is 16.6. The van der Waals surface area contributed by atoms with Gasteiger partial charge in [-0.3, -0.25) is 9.59 Å². The van der Waals surface area contributed by atoms with Crippen LogP contribution >= 0.6 is 0 Å². The van der Waals surface area contributed by atoms with Gasteiger partial charge in [-0.2, -0.15) is 0 Å². The Hall–Kier alpha value is -0.900. The second-order valence-electron chi connectivity index (χ2n) is 9.20. The Morgan fingerprint density at radius 2 is 0.839 bits per heavy atom. The maximum absolute atomic E-state index is 11.5. The Balaban J connectivity index is 3.12. The molecule has 0 aliphatic carbocycles. The highest BCUT2D eigenvalue weighted by Gasteiger charge is 2.08. The molecule has 0 aromatic rings. The fourth-order valence-corrected chi connectivity index (χ4v) is 4.06. The molecule has 4 nitrogen and oxygen atoms in total. The molecule has 31 heavy (non-hydrogen) atoms. The van der Waals surface area contributed by atoms with Crippen LogP contribution in [0.4, 0.5) is 0 Å². The Labute approximate surface area is 193 Å². The van der Waals surface area contributed by atoms with Gasteiger partial charge in [-0.05, 0) is 13.5 Å².